The molecule has 2 aromatic carbocycles. The van der Waals surface area contributed by atoms with E-state index in [0.29, 0.717) is 17.2 Å². The van der Waals surface area contributed by atoms with Crippen molar-refractivity contribution in [2.75, 3.05) is 34.7 Å². The Hall–Kier alpha value is -3.37. The molecule has 0 amide bonds. The normalized spacial score (nSPS) is 30.5. The van der Waals surface area contributed by atoms with E-state index in [-0.39, 0.29) is 60.0 Å². The second kappa shape index (κ2) is 10.6. The number of nitrogens with zero attached hydrogens (tertiary/aromatic N) is 1. The molecule has 10 nitrogen and oxygen atoms in total. The molecule has 2 fully saturated rings. The van der Waals surface area contributed by atoms with Crippen molar-refractivity contribution in [1.82, 2.24) is 0 Å². The molecule has 1 saturated heterocycles. The minimum Gasteiger partial charge on any atom is -0.502 e. The fourth-order valence-electron chi connectivity index (χ4n) is 6.32. The van der Waals surface area contributed by atoms with Gasteiger partial charge in [-0.1, -0.05) is 13.8 Å². The summed E-state index contributed by atoms with van der Waals surface area (Å²) in [6.07, 6.45) is 4.67. The molecule has 1 spiro atoms. The maximum atomic E-state index is 10.6. The Balaban J connectivity index is 1.34. The minimum atomic E-state index is -0.368. The summed E-state index contributed by atoms with van der Waals surface area (Å²) in [5, 5.41) is 10.6. The van der Waals surface area contributed by atoms with Crippen LogP contribution in [0.5, 0.6) is 34.5 Å². The fraction of sp³-hybridized carbons (Fsp3) is 0.567. The van der Waals surface area contributed by atoms with Crippen LogP contribution in [0, 0.1) is 11.8 Å². The van der Waals surface area contributed by atoms with Gasteiger partial charge in [0.05, 0.1) is 40.1 Å². The summed E-state index contributed by atoms with van der Waals surface area (Å²) in [6, 6.07) is 5.47. The monoisotopic (exact) mass is 555 g/mol. The molecule has 10 heteroatoms. The third-order valence-corrected chi connectivity index (χ3v) is 8.87. The highest BCUT2D eigenvalue weighted by Crippen LogP contribution is 2.56. The standard InChI is InChI=1S/C30H37NO9/c1-16-17(2)29(39-19-6-8-30(9-7-19)13-31-14-38-30)40-26(16)20-12-23-27(37-15-36-23)28(35-5)24(20)18-10-21(33-3)25(32)22(11-18)34-4/h10-12,14,16-17,19,26,29,32H,6-9,13,15H2,1-5H3/t16-,17-,19?,26+,29-,30?/m0/s1. The zero-order chi connectivity index (χ0) is 28.0. The number of benzene rings is 2. The first-order valence-corrected chi connectivity index (χ1v) is 13.8. The highest BCUT2D eigenvalue weighted by Gasteiger charge is 2.46. The molecule has 4 atom stereocenters. The van der Waals surface area contributed by atoms with Gasteiger partial charge < -0.3 is 43.0 Å². The molecule has 3 heterocycles. The number of fused-ring (bicyclic) bond motifs is 1. The van der Waals surface area contributed by atoms with Crippen molar-refractivity contribution in [3.05, 3.63) is 23.8 Å². The maximum Gasteiger partial charge on any atom is 0.231 e. The van der Waals surface area contributed by atoms with Crippen LogP contribution in [0.1, 0.15) is 51.2 Å². The Morgan fingerprint density at radius 2 is 1.68 bits per heavy atom. The molecule has 6 rings (SSSR count). The zero-order valence-electron chi connectivity index (χ0n) is 23.6. The smallest absolute Gasteiger partial charge is 0.231 e. The van der Waals surface area contributed by atoms with Gasteiger partial charge in [-0.3, -0.25) is 4.99 Å². The molecule has 1 aliphatic carbocycles. The van der Waals surface area contributed by atoms with Gasteiger partial charge in [0, 0.05) is 11.5 Å². The molecule has 1 saturated carbocycles. The number of phenolic OH excluding ortho intramolecular Hbond substituents is 1. The van der Waals surface area contributed by atoms with Crippen LogP contribution in [0.15, 0.2) is 23.2 Å². The fourth-order valence-corrected chi connectivity index (χ4v) is 6.32. The van der Waals surface area contributed by atoms with E-state index in [9.17, 15) is 5.11 Å². The lowest BCUT2D eigenvalue weighted by Gasteiger charge is -2.36. The van der Waals surface area contributed by atoms with E-state index in [4.69, 9.17) is 37.9 Å². The Morgan fingerprint density at radius 1 is 0.950 bits per heavy atom. The predicted molar refractivity (Wildman–Crippen MR) is 146 cm³/mol. The van der Waals surface area contributed by atoms with Gasteiger partial charge in [0.15, 0.2) is 35.7 Å². The first kappa shape index (κ1) is 26.8. The van der Waals surface area contributed by atoms with Gasteiger partial charge in [-0.15, -0.1) is 0 Å². The van der Waals surface area contributed by atoms with Gasteiger partial charge >= 0.3 is 0 Å². The molecule has 0 unspecified atom stereocenters. The third kappa shape index (κ3) is 4.47. The van der Waals surface area contributed by atoms with Crippen molar-refractivity contribution in [2.24, 2.45) is 16.8 Å². The number of hydrogen-bond donors (Lipinski definition) is 1. The van der Waals surface area contributed by atoms with Crippen LogP contribution in [-0.2, 0) is 14.2 Å². The second-order valence-electron chi connectivity index (χ2n) is 11.1. The van der Waals surface area contributed by atoms with Gasteiger partial charge in [0.1, 0.15) is 5.60 Å². The number of phenols is 1. The van der Waals surface area contributed by atoms with Crippen LogP contribution in [0.3, 0.4) is 0 Å². The van der Waals surface area contributed by atoms with Crippen LogP contribution in [0.4, 0.5) is 0 Å². The summed E-state index contributed by atoms with van der Waals surface area (Å²) in [4.78, 5) is 4.28. The van der Waals surface area contributed by atoms with Crippen molar-refractivity contribution >= 4 is 6.40 Å². The van der Waals surface area contributed by atoms with E-state index in [0.717, 1.165) is 48.9 Å². The number of rotatable bonds is 7. The second-order valence-corrected chi connectivity index (χ2v) is 11.1. The van der Waals surface area contributed by atoms with Crippen LogP contribution in [0.2, 0.25) is 0 Å². The highest BCUT2D eigenvalue weighted by atomic mass is 16.7. The molecule has 40 heavy (non-hydrogen) atoms. The summed E-state index contributed by atoms with van der Waals surface area (Å²) < 4.78 is 47.6. The summed E-state index contributed by atoms with van der Waals surface area (Å²) in [5.74, 6) is 2.38. The molecule has 3 aliphatic heterocycles. The molecule has 2 aromatic rings. The number of ether oxygens (including phenoxy) is 8. The van der Waals surface area contributed by atoms with Gasteiger partial charge in [0.25, 0.3) is 0 Å². The average Bonchev–Trinajstić information content (AvgIpc) is 3.70. The van der Waals surface area contributed by atoms with Gasteiger partial charge in [-0.2, -0.15) is 0 Å². The van der Waals surface area contributed by atoms with E-state index in [1.807, 2.05) is 6.07 Å². The van der Waals surface area contributed by atoms with Crippen molar-refractivity contribution in [1.29, 1.82) is 0 Å². The topological polar surface area (TPSA) is 106 Å². The number of methoxy groups -OCH3 is 3. The van der Waals surface area contributed by atoms with Crippen molar-refractivity contribution in [3.63, 3.8) is 0 Å². The molecular weight excluding hydrogens is 518 g/mol. The Kier molecular flexibility index (Phi) is 7.08. The summed E-state index contributed by atoms with van der Waals surface area (Å²) >= 11 is 0. The van der Waals surface area contributed by atoms with E-state index in [1.54, 1.807) is 25.6 Å². The molecule has 216 valence electrons. The zero-order valence-corrected chi connectivity index (χ0v) is 23.6. The molecule has 1 N–H and O–H groups in total. The molecule has 4 aliphatic rings. The summed E-state index contributed by atoms with van der Waals surface area (Å²) in [7, 11) is 4.60. The Bertz CT molecular complexity index is 1250. The quantitative estimate of drug-likeness (QED) is 0.491. The lowest BCUT2D eigenvalue weighted by molar-refractivity contribution is -0.188. The SMILES string of the molecule is COc1cc(-c2c([C@@H]3O[C@H](OC4CCC5(CC4)CN=CO5)[C@@H](C)[C@@H]3C)cc3c(c2OC)OCO3)cc(OC)c1O. The van der Waals surface area contributed by atoms with E-state index in [1.165, 1.54) is 14.2 Å². The Morgan fingerprint density at radius 3 is 2.30 bits per heavy atom. The van der Waals surface area contributed by atoms with Crippen molar-refractivity contribution in [2.45, 2.75) is 63.6 Å². The molecular formula is C30H37NO9. The third-order valence-electron chi connectivity index (χ3n) is 8.87. The maximum absolute atomic E-state index is 10.6. The minimum absolute atomic E-state index is 0.0774. The van der Waals surface area contributed by atoms with Crippen LogP contribution in [-0.4, -0.2) is 64.2 Å². The number of hydrogen-bond acceptors (Lipinski definition) is 10. The molecule has 0 radical (unpaired) electrons. The van der Waals surface area contributed by atoms with E-state index < -0.39 is 0 Å². The summed E-state index contributed by atoms with van der Waals surface area (Å²) in [6.45, 7) is 5.18. The van der Waals surface area contributed by atoms with Crippen LogP contribution >= 0.6 is 0 Å². The largest absolute Gasteiger partial charge is 0.502 e. The summed E-state index contributed by atoms with van der Waals surface area (Å²) in [5.41, 5.74) is 2.20. The Labute approximate surface area is 234 Å². The molecule has 0 bridgehead atoms. The predicted octanol–water partition coefficient (Wildman–Crippen LogP) is 5.24. The van der Waals surface area contributed by atoms with E-state index in [2.05, 4.69) is 18.8 Å². The van der Waals surface area contributed by atoms with E-state index >= 15 is 0 Å². The first-order valence-electron chi connectivity index (χ1n) is 13.8. The van der Waals surface area contributed by atoms with Gasteiger partial charge in [0.2, 0.25) is 18.3 Å². The van der Waals surface area contributed by atoms with Gasteiger partial charge in [-0.25, -0.2) is 0 Å². The lowest BCUT2D eigenvalue weighted by atomic mass is 9.83. The molecule has 0 aromatic heterocycles. The average molecular weight is 556 g/mol. The van der Waals surface area contributed by atoms with Crippen LogP contribution in [0.25, 0.3) is 11.1 Å². The van der Waals surface area contributed by atoms with Crippen LogP contribution < -0.4 is 23.7 Å². The number of aromatic hydroxyl groups is 1. The van der Waals surface area contributed by atoms with Crippen molar-refractivity contribution < 1.29 is 43.0 Å². The van der Waals surface area contributed by atoms with Crippen molar-refractivity contribution in [3.8, 4) is 45.6 Å². The van der Waals surface area contributed by atoms with Gasteiger partial charge in [-0.05, 0) is 60.9 Å². The lowest BCUT2D eigenvalue weighted by Crippen LogP contribution is -2.40. The number of aliphatic imine (C=N–C) groups is 1. The first-order chi connectivity index (χ1) is 19.4. The highest BCUT2D eigenvalue weighted by molar-refractivity contribution is 5.83.